The Morgan fingerprint density at radius 2 is 1.41 bits per heavy atom. The number of carbonyl (C=O) groups excluding carboxylic acids is 4. The zero-order chi connectivity index (χ0) is 22.8. The predicted molar refractivity (Wildman–Crippen MR) is 116 cm³/mol. The number of Topliss-reactive ketones (excluding diaryl/α,β-unsaturated/α-hetero) is 3. The highest BCUT2D eigenvalue weighted by Crippen LogP contribution is 2.28. The Kier molecular flexibility index (Phi) is 7.58. The van der Waals surface area contributed by atoms with Crippen molar-refractivity contribution in [1.29, 1.82) is 0 Å². The molecule has 160 valence electrons. The molecule has 2 aliphatic rings. The van der Waals surface area contributed by atoms with Gasteiger partial charge in [-0.2, -0.15) is 5.48 Å². The smallest absolute Gasteiger partial charge is 0.328 e. The van der Waals surface area contributed by atoms with Crippen LogP contribution in [-0.4, -0.2) is 34.3 Å². The molecule has 3 heterocycles. The summed E-state index contributed by atoms with van der Waals surface area (Å²) in [5.41, 5.74) is 2.24. The molecule has 32 heavy (non-hydrogen) atoms. The zero-order valence-corrected chi connectivity index (χ0v) is 16.7. The average Bonchev–Trinajstić information content (AvgIpc) is 3.58. The minimum atomic E-state index is -1.55. The van der Waals surface area contributed by atoms with Crippen molar-refractivity contribution in [2.45, 2.75) is 6.10 Å². The number of hydroxylamine groups is 1. The third-order valence-corrected chi connectivity index (χ3v) is 4.01. The van der Waals surface area contributed by atoms with Gasteiger partial charge in [0.2, 0.25) is 6.10 Å². The molecule has 1 aromatic rings. The molecule has 1 amide bonds. The van der Waals surface area contributed by atoms with Crippen LogP contribution in [0.4, 0.5) is 0 Å². The van der Waals surface area contributed by atoms with Gasteiger partial charge in [0.05, 0.1) is 0 Å². The van der Waals surface area contributed by atoms with E-state index in [0.717, 1.165) is 0 Å². The summed E-state index contributed by atoms with van der Waals surface area (Å²) in [7, 11) is 0. The monoisotopic (exact) mass is 430 g/mol. The van der Waals surface area contributed by atoms with Gasteiger partial charge in [0.15, 0.2) is 5.75 Å². The quantitative estimate of drug-likeness (QED) is 0.496. The van der Waals surface area contributed by atoms with Gasteiger partial charge < -0.3 is 9.57 Å². The highest BCUT2D eigenvalue weighted by molar-refractivity contribution is 6.78. The lowest BCUT2D eigenvalue weighted by molar-refractivity contribution is -0.151. The average molecular weight is 430 g/mol. The molecule has 0 spiro atoms. The summed E-state index contributed by atoms with van der Waals surface area (Å²) >= 11 is 0. The highest BCUT2D eigenvalue weighted by atomic mass is 16.7. The first-order chi connectivity index (χ1) is 15.6. The highest BCUT2D eigenvalue weighted by Gasteiger charge is 2.46. The Balaban J connectivity index is 1.79. The van der Waals surface area contributed by atoms with E-state index < -0.39 is 29.4 Å². The molecule has 1 saturated heterocycles. The Labute approximate surface area is 183 Å². The lowest BCUT2D eigenvalue weighted by Gasteiger charge is -2.07. The van der Waals surface area contributed by atoms with Crippen molar-refractivity contribution in [3.8, 4) is 5.75 Å². The van der Waals surface area contributed by atoms with Crippen molar-refractivity contribution in [3.63, 3.8) is 0 Å². The molecule has 1 aromatic heterocycles. The van der Waals surface area contributed by atoms with Crippen LogP contribution in [0.15, 0.2) is 97.0 Å². The summed E-state index contributed by atoms with van der Waals surface area (Å²) in [6.45, 7) is 0. The molecule has 0 saturated carbocycles. The number of ketones is 3. The fourth-order valence-corrected chi connectivity index (χ4v) is 2.38. The topological polar surface area (TPSA) is 115 Å². The van der Waals surface area contributed by atoms with Crippen LogP contribution in [0, 0.1) is 0 Å². The number of nitrogens with zero attached hydrogens (tertiary/aromatic N) is 1. The second-order valence-electron chi connectivity index (χ2n) is 6.29. The minimum absolute atomic E-state index is 0.142. The van der Waals surface area contributed by atoms with Gasteiger partial charge in [0.1, 0.15) is 11.5 Å². The van der Waals surface area contributed by atoms with Crippen molar-refractivity contribution >= 4 is 29.3 Å². The molecule has 0 aromatic carbocycles. The van der Waals surface area contributed by atoms with Gasteiger partial charge in [-0.3, -0.25) is 24.2 Å². The SMILES string of the molecule is O=C1NOc2cccnc2C=C\C=C/C=C\C=C/C=C\C=C/C=C2/OC2C(=O)C(=O)C1=O. The summed E-state index contributed by atoms with van der Waals surface area (Å²) in [5.74, 6) is -5.17. The summed E-state index contributed by atoms with van der Waals surface area (Å²) in [6, 6.07) is 3.07. The van der Waals surface area contributed by atoms with E-state index in [1.165, 1.54) is 18.3 Å². The van der Waals surface area contributed by atoms with Crippen molar-refractivity contribution in [2.75, 3.05) is 0 Å². The van der Waals surface area contributed by atoms with Crippen LogP contribution in [0.5, 0.6) is 5.75 Å². The molecule has 1 unspecified atom stereocenters. The normalized spacial score (nSPS) is 26.0. The van der Waals surface area contributed by atoms with Gasteiger partial charge in [0.25, 0.3) is 17.3 Å². The van der Waals surface area contributed by atoms with E-state index in [9.17, 15) is 19.2 Å². The van der Waals surface area contributed by atoms with E-state index in [0.29, 0.717) is 5.69 Å². The number of pyridine rings is 1. The fraction of sp³-hybridized carbons (Fsp3) is 0.0417. The second kappa shape index (κ2) is 11.0. The maximum Gasteiger partial charge on any atom is 0.328 e. The number of rotatable bonds is 0. The number of amides is 1. The lowest BCUT2D eigenvalue weighted by atomic mass is 10.1. The Bertz CT molecular complexity index is 1130. The van der Waals surface area contributed by atoms with E-state index in [1.807, 2.05) is 35.9 Å². The maximum atomic E-state index is 12.1. The summed E-state index contributed by atoms with van der Waals surface area (Å²) in [5, 5.41) is 0. The molecule has 3 rings (SSSR count). The molecule has 1 atom stereocenters. The summed E-state index contributed by atoms with van der Waals surface area (Å²) in [6.07, 6.45) is 23.0. The predicted octanol–water partition coefficient (Wildman–Crippen LogP) is 2.29. The van der Waals surface area contributed by atoms with Crippen LogP contribution in [0.25, 0.3) is 6.08 Å². The largest absolute Gasteiger partial charge is 0.474 e. The number of aromatic nitrogens is 1. The van der Waals surface area contributed by atoms with Crippen LogP contribution in [-0.2, 0) is 23.9 Å². The van der Waals surface area contributed by atoms with E-state index in [4.69, 9.17) is 9.57 Å². The Hall–Kier alpha value is -4.59. The van der Waals surface area contributed by atoms with Crippen LogP contribution in [0.3, 0.4) is 0 Å². The van der Waals surface area contributed by atoms with Crippen LogP contribution >= 0.6 is 0 Å². The number of hydrogen-bond donors (Lipinski definition) is 1. The fourth-order valence-electron chi connectivity index (χ4n) is 2.38. The lowest BCUT2D eigenvalue weighted by Crippen LogP contribution is -2.41. The molecule has 1 fully saturated rings. The van der Waals surface area contributed by atoms with Crippen molar-refractivity contribution in [1.82, 2.24) is 10.5 Å². The number of allylic oxidation sites excluding steroid dienone is 12. The van der Waals surface area contributed by atoms with Gasteiger partial charge in [-0.15, -0.1) is 0 Å². The molecular formula is C24H18N2O6. The van der Waals surface area contributed by atoms with Crippen LogP contribution in [0.1, 0.15) is 5.69 Å². The number of epoxide rings is 1. The molecule has 0 aliphatic carbocycles. The number of carbonyl (C=O) groups is 4. The second-order valence-corrected chi connectivity index (χ2v) is 6.29. The summed E-state index contributed by atoms with van der Waals surface area (Å²) in [4.78, 5) is 57.3. The molecule has 2 aliphatic heterocycles. The number of hydrogen-bond acceptors (Lipinski definition) is 7. The molecular weight excluding hydrogens is 412 g/mol. The van der Waals surface area contributed by atoms with E-state index in [-0.39, 0.29) is 11.5 Å². The number of ether oxygens (including phenoxy) is 1. The van der Waals surface area contributed by atoms with Crippen LogP contribution in [0.2, 0.25) is 0 Å². The molecule has 0 radical (unpaired) electrons. The first kappa shape index (κ1) is 22.1. The van der Waals surface area contributed by atoms with Gasteiger partial charge in [-0.25, -0.2) is 0 Å². The Morgan fingerprint density at radius 3 is 2.09 bits per heavy atom. The summed E-state index contributed by atoms with van der Waals surface area (Å²) < 4.78 is 5.02. The maximum absolute atomic E-state index is 12.1. The van der Waals surface area contributed by atoms with Gasteiger partial charge in [0, 0.05) is 6.20 Å². The molecule has 8 nitrogen and oxygen atoms in total. The molecule has 8 heteroatoms. The third kappa shape index (κ3) is 6.20. The first-order valence-electron chi connectivity index (χ1n) is 9.51. The van der Waals surface area contributed by atoms with Gasteiger partial charge in [-0.05, 0) is 24.3 Å². The van der Waals surface area contributed by atoms with E-state index in [2.05, 4.69) is 4.98 Å². The van der Waals surface area contributed by atoms with Crippen molar-refractivity contribution in [2.24, 2.45) is 0 Å². The standard InChI is InChI=1S/C24H18N2O6/c27-20-21(28)23-19(31-23)14-11-9-7-5-3-1-2-4-6-8-10-13-17-18(15-12-16-25-17)32-26-24(30)22(20)29/h1-16,23H,(H,26,30)/b3-1-,4-2-,7-5-,8-6-,11-9-,13-10?,19-14+. The Morgan fingerprint density at radius 1 is 0.781 bits per heavy atom. The van der Waals surface area contributed by atoms with Crippen molar-refractivity contribution < 1.29 is 28.8 Å². The minimum Gasteiger partial charge on any atom is -0.474 e. The third-order valence-electron chi connectivity index (χ3n) is 4.01. The first-order valence-corrected chi connectivity index (χ1v) is 9.51. The van der Waals surface area contributed by atoms with E-state index in [1.54, 1.807) is 48.6 Å². The van der Waals surface area contributed by atoms with Gasteiger partial charge in [-0.1, -0.05) is 66.8 Å². The van der Waals surface area contributed by atoms with Gasteiger partial charge >= 0.3 is 5.91 Å². The van der Waals surface area contributed by atoms with Crippen LogP contribution < -0.4 is 10.3 Å². The molecule has 1 N–H and O–H groups in total. The number of nitrogens with one attached hydrogen (secondary N) is 1. The van der Waals surface area contributed by atoms with Crippen molar-refractivity contribution in [3.05, 3.63) is 103 Å². The number of fused-ring (bicyclic) bond motifs is 2. The molecule has 0 bridgehead atoms. The zero-order valence-electron chi connectivity index (χ0n) is 16.7. The van der Waals surface area contributed by atoms with E-state index >= 15 is 0 Å².